The molecule has 0 saturated carbocycles. The molecule has 9 heteroatoms. The lowest BCUT2D eigenvalue weighted by Gasteiger charge is -2.23. The third kappa shape index (κ3) is 6.61. The van der Waals surface area contributed by atoms with E-state index in [4.69, 9.17) is 0 Å². The summed E-state index contributed by atoms with van der Waals surface area (Å²) in [4.78, 5) is 15.3. The van der Waals surface area contributed by atoms with Crippen LogP contribution < -0.4 is 0 Å². The minimum Gasteiger partial charge on any atom is -0.333 e. The van der Waals surface area contributed by atoms with Crippen LogP contribution in [0.25, 0.3) is 0 Å². The first kappa shape index (κ1) is 25.7. The first-order chi connectivity index (χ1) is 17.3. The number of sulfone groups is 1. The molecule has 36 heavy (non-hydrogen) atoms. The van der Waals surface area contributed by atoms with Crippen LogP contribution in [0.2, 0.25) is 0 Å². The van der Waals surface area contributed by atoms with Gasteiger partial charge < -0.3 is 9.47 Å². The molecule has 0 atom stereocenters. The molecule has 0 aliphatic rings. The summed E-state index contributed by atoms with van der Waals surface area (Å²) in [7, 11) is -1.84. The van der Waals surface area contributed by atoms with Gasteiger partial charge in [0.1, 0.15) is 11.6 Å². The van der Waals surface area contributed by atoms with Crippen LogP contribution in [-0.4, -0.2) is 39.7 Å². The maximum atomic E-state index is 13.2. The summed E-state index contributed by atoms with van der Waals surface area (Å²) in [6.45, 7) is 2.90. The second kappa shape index (κ2) is 11.5. The normalized spacial score (nSPS) is 11.4. The average molecular weight is 521 g/mol. The van der Waals surface area contributed by atoms with E-state index in [1.807, 2.05) is 72.5 Å². The molecule has 0 N–H and O–H groups in total. The Balaban J connectivity index is 1.44. The van der Waals surface area contributed by atoms with Crippen LogP contribution in [0.1, 0.15) is 22.5 Å². The largest absolute Gasteiger partial charge is 0.333 e. The number of aromatic nitrogens is 3. The number of thioether (sulfide) groups is 1. The molecule has 0 fully saturated rings. The van der Waals surface area contributed by atoms with E-state index in [2.05, 4.69) is 10.2 Å². The van der Waals surface area contributed by atoms with Gasteiger partial charge in [-0.05, 0) is 30.2 Å². The van der Waals surface area contributed by atoms with Crippen molar-refractivity contribution in [3.05, 3.63) is 107 Å². The molecule has 1 heterocycles. The van der Waals surface area contributed by atoms with Gasteiger partial charge in [0.25, 0.3) is 0 Å². The lowest BCUT2D eigenvalue weighted by atomic mass is 10.1. The standard InChI is InChI=1S/C27H28N4O3S2/c1-21-13-15-24(16-14-21)36(33,34)20-25-28-29-27(30(25)2)35-19-26(32)31(17-22-9-5-3-6-10-22)18-23-11-7-4-8-12-23/h3-16H,17-20H2,1-2H3. The monoisotopic (exact) mass is 520 g/mol. The Hall–Kier alpha value is -3.43. The van der Waals surface area contributed by atoms with Gasteiger partial charge in [-0.25, -0.2) is 8.42 Å². The number of carbonyl (C=O) groups excluding carboxylic acids is 1. The van der Waals surface area contributed by atoms with Crippen LogP contribution in [-0.2, 0) is 40.5 Å². The minimum absolute atomic E-state index is 0.0375. The molecule has 4 aromatic rings. The molecule has 0 unspecified atom stereocenters. The number of amides is 1. The molecule has 0 radical (unpaired) electrons. The molecule has 3 aromatic carbocycles. The van der Waals surface area contributed by atoms with E-state index in [1.54, 1.807) is 35.9 Å². The fraction of sp³-hybridized carbons (Fsp3) is 0.222. The molecule has 0 aliphatic heterocycles. The van der Waals surface area contributed by atoms with Crippen LogP contribution in [0.5, 0.6) is 0 Å². The summed E-state index contributed by atoms with van der Waals surface area (Å²) in [6.07, 6.45) is 0. The maximum Gasteiger partial charge on any atom is 0.233 e. The number of hydrogen-bond acceptors (Lipinski definition) is 6. The van der Waals surface area contributed by atoms with Crippen LogP contribution in [0.4, 0.5) is 0 Å². The summed E-state index contributed by atoms with van der Waals surface area (Å²) in [5.41, 5.74) is 3.09. The Morgan fingerprint density at radius 2 is 1.42 bits per heavy atom. The van der Waals surface area contributed by atoms with Gasteiger partial charge in [-0.2, -0.15) is 0 Å². The van der Waals surface area contributed by atoms with Gasteiger partial charge in [0.2, 0.25) is 5.91 Å². The highest BCUT2D eigenvalue weighted by molar-refractivity contribution is 7.99. The zero-order valence-corrected chi connectivity index (χ0v) is 21.9. The molecule has 1 aromatic heterocycles. The van der Waals surface area contributed by atoms with E-state index < -0.39 is 9.84 Å². The quantitative estimate of drug-likeness (QED) is 0.288. The molecule has 1 amide bonds. The maximum absolute atomic E-state index is 13.2. The van der Waals surface area contributed by atoms with Gasteiger partial charge in [-0.1, -0.05) is 90.1 Å². The fourth-order valence-corrected chi connectivity index (χ4v) is 5.79. The highest BCUT2D eigenvalue weighted by Gasteiger charge is 2.22. The van der Waals surface area contributed by atoms with Gasteiger partial charge in [0.15, 0.2) is 15.0 Å². The Morgan fingerprint density at radius 1 is 0.861 bits per heavy atom. The first-order valence-corrected chi connectivity index (χ1v) is 14.1. The van der Waals surface area contributed by atoms with E-state index >= 15 is 0 Å². The van der Waals surface area contributed by atoms with E-state index in [-0.39, 0.29) is 22.3 Å². The zero-order chi connectivity index (χ0) is 25.5. The number of rotatable bonds is 10. The van der Waals surface area contributed by atoms with Crippen molar-refractivity contribution < 1.29 is 13.2 Å². The Morgan fingerprint density at radius 3 is 1.97 bits per heavy atom. The molecule has 186 valence electrons. The van der Waals surface area contributed by atoms with Crippen molar-refractivity contribution in [1.82, 2.24) is 19.7 Å². The molecule has 0 aliphatic carbocycles. The van der Waals surface area contributed by atoms with E-state index in [9.17, 15) is 13.2 Å². The molecular formula is C27H28N4O3S2. The smallest absolute Gasteiger partial charge is 0.233 e. The molecule has 0 spiro atoms. The van der Waals surface area contributed by atoms with Crippen molar-refractivity contribution in [2.24, 2.45) is 7.05 Å². The lowest BCUT2D eigenvalue weighted by molar-refractivity contribution is -0.129. The minimum atomic E-state index is -3.56. The van der Waals surface area contributed by atoms with Crippen LogP contribution >= 0.6 is 11.8 Å². The van der Waals surface area contributed by atoms with Gasteiger partial charge in [-0.3, -0.25) is 4.79 Å². The molecule has 0 saturated heterocycles. The zero-order valence-electron chi connectivity index (χ0n) is 20.2. The van der Waals surface area contributed by atoms with Crippen molar-refractivity contribution in [3.63, 3.8) is 0 Å². The number of benzene rings is 3. The Labute approximate surface area is 216 Å². The number of nitrogens with zero attached hydrogens (tertiary/aromatic N) is 4. The van der Waals surface area contributed by atoms with E-state index in [1.165, 1.54) is 11.8 Å². The van der Waals surface area contributed by atoms with Crippen molar-refractivity contribution in [1.29, 1.82) is 0 Å². The molecular weight excluding hydrogens is 492 g/mol. The second-order valence-corrected chi connectivity index (χ2v) is 11.5. The van der Waals surface area contributed by atoms with Gasteiger partial charge in [0, 0.05) is 20.1 Å². The Kier molecular flexibility index (Phi) is 8.22. The van der Waals surface area contributed by atoms with E-state index in [0.717, 1.165) is 16.7 Å². The molecule has 0 bridgehead atoms. The average Bonchev–Trinajstić information content (AvgIpc) is 3.22. The molecule has 4 rings (SSSR count). The summed E-state index contributed by atoms with van der Waals surface area (Å²) >= 11 is 1.25. The summed E-state index contributed by atoms with van der Waals surface area (Å²) in [5, 5.41) is 8.74. The van der Waals surface area contributed by atoms with Crippen LogP contribution in [0.3, 0.4) is 0 Å². The fourth-order valence-electron chi connectivity index (χ4n) is 3.65. The number of aryl methyl sites for hydroxylation is 1. The third-order valence-electron chi connectivity index (χ3n) is 5.73. The van der Waals surface area contributed by atoms with E-state index in [0.29, 0.717) is 24.1 Å². The highest BCUT2D eigenvalue weighted by atomic mass is 32.2. The summed E-state index contributed by atoms with van der Waals surface area (Å²) in [5.74, 6) is 0.193. The number of carbonyl (C=O) groups is 1. The highest BCUT2D eigenvalue weighted by Crippen LogP contribution is 2.21. The second-order valence-electron chi connectivity index (χ2n) is 8.54. The lowest BCUT2D eigenvalue weighted by Crippen LogP contribution is -2.31. The third-order valence-corrected chi connectivity index (χ3v) is 8.37. The molecule has 7 nitrogen and oxygen atoms in total. The van der Waals surface area contributed by atoms with Crippen molar-refractivity contribution in [2.75, 3.05) is 5.75 Å². The van der Waals surface area contributed by atoms with Crippen LogP contribution in [0, 0.1) is 6.92 Å². The number of hydrogen-bond donors (Lipinski definition) is 0. The van der Waals surface area contributed by atoms with Gasteiger partial charge in [-0.15, -0.1) is 10.2 Å². The van der Waals surface area contributed by atoms with Crippen molar-refractivity contribution in [2.45, 2.75) is 35.8 Å². The predicted molar refractivity (Wildman–Crippen MR) is 141 cm³/mol. The summed E-state index contributed by atoms with van der Waals surface area (Å²) in [6, 6.07) is 26.5. The summed E-state index contributed by atoms with van der Waals surface area (Å²) < 4.78 is 27.3. The van der Waals surface area contributed by atoms with Crippen LogP contribution in [0.15, 0.2) is 95.0 Å². The van der Waals surface area contributed by atoms with Gasteiger partial charge in [0.05, 0.1) is 10.6 Å². The predicted octanol–water partition coefficient (Wildman–Crippen LogP) is 4.42. The van der Waals surface area contributed by atoms with Crippen molar-refractivity contribution >= 4 is 27.5 Å². The Bertz CT molecular complexity index is 1360. The van der Waals surface area contributed by atoms with Crippen molar-refractivity contribution in [3.8, 4) is 0 Å². The SMILES string of the molecule is Cc1ccc(S(=O)(=O)Cc2nnc(SCC(=O)N(Cc3ccccc3)Cc3ccccc3)n2C)cc1. The topological polar surface area (TPSA) is 85.2 Å². The van der Waals surface area contributed by atoms with Gasteiger partial charge >= 0.3 is 0 Å². The first-order valence-electron chi connectivity index (χ1n) is 11.5.